The number of aryl methyl sites for hydroxylation is 1. The van der Waals surface area contributed by atoms with Gasteiger partial charge in [-0.3, -0.25) is 9.36 Å². The molecule has 1 unspecified atom stereocenters. The minimum absolute atomic E-state index is 0.209. The molecule has 1 atom stereocenters. The average Bonchev–Trinajstić information content (AvgIpc) is 3.17. The Morgan fingerprint density at radius 2 is 2.09 bits per heavy atom. The van der Waals surface area contributed by atoms with Gasteiger partial charge >= 0.3 is 0 Å². The van der Waals surface area contributed by atoms with Crippen molar-refractivity contribution in [2.75, 3.05) is 6.61 Å². The van der Waals surface area contributed by atoms with E-state index in [1.165, 1.54) is 0 Å². The molecule has 0 aliphatic carbocycles. The van der Waals surface area contributed by atoms with Gasteiger partial charge in [-0.2, -0.15) is 10.2 Å². The second-order valence-electron chi connectivity index (χ2n) is 4.96. The first-order chi connectivity index (χ1) is 10.7. The van der Waals surface area contributed by atoms with Gasteiger partial charge in [0.2, 0.25) is 0 Å². The van der Waals surface area contributed by atoms with Crippen molar-refractivity contribution >= 4 is 0 Å². The van der Waals surface area contributed by atoms with E-state index < -0.39 is 6.10 Å². The number of aromatic nitrogens is 5. The van der Waals surface area contributed by atoms with E-state index in [1.807, 2.05) is 37.4 Å². The fraction of sp³-hybridized carbons (Fsp3) is 0.267. The van der Waals surface area contributed by atoms with Gasteiger partial charge in [0.15, 0.2) is 5.82 Å². The largest absolute Gasteiger partial charge is 0.491 e. The maximum absolute atomic E-state index is 9.91. The second kappa shape index (κ2) is 6.40. The smallest absolute Gasteiger partial charge is 0.181 e. The highest BCUT2D eigenvalue weighted by Gasteiger charge is 2.07. The van der Waals surface area contributed by atoms with Crippen LogP contribution in [0.15, 0.2) is 49.1 Å². The van der Waals surface area contributed by atoms with Crippen molar-refractivity contribution in [1.29, 1.82) is 0 Å². The molecule has 0 radical (unpaired) electrons. The summed E-state index contributed by atoms with van der Waals surface area (Å²) >= 11 is 0. The lowest BCUT2D eigenvalue weighted by Gasteiger charge is -2.12. The molecule has 22 heavy (non-hydrogen) atoms. The molecule has 0 spiro atoms. The second-order valence-corrected chi connectivity index (χ2v) is 4.96. The maximum Gasteiger partial charge on any atom is 0.181 e. The Morgan fingerprint density at radius 1 is 1.27 bits per heavy atom. The van der Waals surface area contributed by atoms with Crippen LogP contribution in [0.25, 0.3) is 11.4 Å². The third-order valence-electron chi connectivity index (χ3n) is 3.11. The van der Waals surface area contributed by atoms with E-state index in [0.29, 0.717) is 18.1 Å². The number of aliphatic hydroxyl groups is 1. The molecule has 1 aromatic carbocycles. The lowest BCUT2D eigenvalue weighted by molar-refractivity contribution is 0.0893. The van der Waals surface area contributed by atoms with Crippen LogP contribution in [0, 0.1) is 0 Å². The van der Waals surface area contributed by atoms with Gasteiger partial charge in [0.05, 0.1) is 6.54 Å². The topological polar surface area (TPSA) is 78.0 Å². The number of hydrogen-bond donors (Lipinski definition) is 1. The summed E-state index contributed by atoms with van der Waals surface area (Å²) in [5.41, 5.74) is 0.921. The molecule has 3 aromatic rings. The molecule has 0 saturated carbocycles. The highest BCUT2D eigenvalue weighted by atomic mass is 16.5. The van der Waals surface area contributed by atoms with E-state index in [2.05, 4.69) is 15.2 Å². The maximum atomic E-state index is 9.91. The van der Waals surface area contributed by atoms with E-state index in [0.717, 1.165) is 5.56 Å². The number of rotatable bonds is 6. The molecule has 7 nitrogen and oxygen atoms in total. The Labute approximate surface area is 127 Å². The zero-order chi connectivity index (χ0) is 15.4. The number of hydrogen-bond acceptors (Lipinski definition) is 5. The molecular formula is C15H17N5O2. The van der Waals surface area contributed by atoms with Crippen molar-refractivity contribution in [3.8, 4) is 17.1 Å². The van der Waals surface area contributed by atoms with Crippen molar-refractivity contribution in [2.45, 2.75) is 12.6 Å². The molecule has 0 aliphatic heterocycles. The van der Waals surface area contributed by atoms with E-state index in [9.17, 15) is 5.11 Å². The molecule has 2 heterocycles. The summed E-state index contributed by atoms with van der Waals surface area (Å²) in [5.74, 6) is 1.37. The lowest BCUT2D eigenvalue weighted by Crippen LogP contribution is -2.23. The monoisotopic (exact) mass is 299 g/mol. The highest BCUT2D eigenvalue weighted by molar-refractivity contribution is 5.55. The van der Waals surface area contributed by atoms with Crippen LogP contribution in [0.4, 0.5) is 0 Å². The van der Waals surface area contributed by atoms with E-state index >= 15 is 0 Å². The summed E-state index contributed by atoms with van der Waals surface area (Å²) in [7, 11) is 1.83. The first kappa shape index (κ1) is 14.3. The van der Waals surface area contributed by atoms with Gasteiger partial charge in [0.25, 0.3) is 0 Å². The minimum atomic E-state index is -0.614. The van der Waals surface area contributed by atoms with Gasteiger partial charge in [-0.05, 0) is 30.3 Å². The Bertz CT molecular complexity index is 706. The predicted octanol–water partition coefficient (Wildman–Crippen LogP) is 1.12. The number of benzene rings is 1. The first-order valence-corrected chi connectivity index (χ1v) is 6.95. The average molecular weight is 299 g/mol. The standard InChI is InChI=1S/C15H17N5O2/c1-19-11-16-15(18-19)12-3-5-14(6-4-12)22-10-13(21)9-20-8-2-7-17-20/h2-8,11,13,21H,9-10H2,1H3. The quantitative estimate of drug-likeness (QED) is 0.738. The highest BCUT2D eigenvalue weighted by Crippen LogP contribution is 2.19. The van der Waals surface area contributed by atoms with Crippen LogP contribution in [0.5, 0.6) is 5.75 Å². The third kappa shape index (κ3) is 3.50. The van der Waals surface area contributed by atoms with Crippen molar-refractivity contribution in [1.82, 2.24) is 24.5 Å². The summed E-state index contributed by atoms with van der Waals surface area (Å²) in [6, 6.07) is 9.28. The van der Waals surface area contributed by atoms with Gasteiger partial charge in [-0.25, -0.2) is 4.98 Å². The van der Waals surface area contributed by atoms with Crippen molar-refractivity contribution in [3.05, 3.63) is 49.1 Å². The zero-order valence-electron chi connectivity index (χ0n) is 12.2. The molecule has 2 aromatic heterocycles. The minimum Gasteiger partial charge on any atom is -0.491 e. The van der Waals surface area contributed by atoms with Crippen LogP contribution in [0.3, 0.4) is 0 Å². The Balaban J connectivity index is 1.55. The Hall–Kier alpha value is -2.67. The molecule has 0 aliphatic rings. The van der Waals surface area contributed by atoms with Gasteiger partial charge in [0.1, 0.15) is 24.8 Å². The van der Waals surface area contributed by atoms with Crippen LogP contribution in [0.1, 0.15) is 0 Å². The number of aliphatic hydroxyl groups excluding tert-OH is 1. The van der Waals surface area contributed by atoms with E-state index in [1.54, 1.807) is 28.1 Å². The molecule has 0 bridgehead atoms. The van der Waals surface area contributed by atoms with Crippen molar-refractivity contribution in [3.63, 3.8) is 0 Å². The summed E-state index contributed by atoms with van der Waals surface area (Å²) < 4.78 is 8.90. The van der Waals surface area contributed by atoms with Crippen molar-refractivity contribution < 1.29 is 9.84 Å². The number of nitrogens with zero attached hydrogens (tertiary/aromatic N) is 5. The van der Waals surface area contributed by atoms with Crippen LogP contribution < -0.4 is 4.74 Å². The van der Waals surface area contributed by atoms with Crippen LogP contribution in [-0.2, 0) is 13.6 Å². The van der Waals surface area contributed by atoms with Crippen molar-refractivity contribution in [2.24, 2.45) is 7.05 Å². The van der Waals surface area contributed by atoms with Gasteiger partial charge in [-0.1, -0.05) is 0 Å². The summed E-state index contributed by atoms with van der Waals surface area (Å²) in [4.78, 5) is 4.19. The summed E-state index contributed by atoms with van der Waals surface area (Å²) in [6.45, 7) is 0.615. The fourth-order valence-electron chi connectivity index (χ4n) is 2.04. The normalized spacial score (nSPS) is 12.3. The third-order valence-corrected chi connectivity index (χ3v) is 3.11. The van der Waals surface area contributed by atoms with E-state index in [-0.39, 0.29) is 6.61 Å². The molecular weight excluding hydrogens is 282 g/mol. The van der Waals surface area contributed by atoms with Crippen LogP contribution in [-0.4, -0.2) is 42.4 Å². The molecule has 1 N–H and O–H groups in total. The van der Waals surface area contributed by atoms with Gasteiger partial charge in [0, 0.05) is 25.0 Å². The molecule has 7 heteroatoms. The number of ether oxygens (including phenoxy) is 1. The van der Waals surface area contributed by atoms with Gasteiger partial charge < -0.3 is 9.84 Å². The molecule has 114 valence electrons. The first-order valence-electron chi connectivity index (χ1n) is 6.95. The molecule has 0 amide bonds. The lowest BCUT2D eigenvalue weighted by atomic mass is 10.2. The molecule has 0 saturated heterocycles. The Kier molecular flexibility index (Phi) is 4.15. The Morgan fingerprint density at radius 3 is 2.73 bits per heavy atom. The summed E-state index contributed by atoms with van der Waals surface area (Å²) in [6.07, 6.45) is 4.53. The van der Waals surface area contributed by atoms with Gasteiger partial charge in [-0.15, -0.1) is 0 Å². The zero-order valence-corrected chi connectivity index (χ0v) is 12.2. The summed E-state index contributed by atoms with van der Waals surface area (Å²) in [5, 5.41) is 18.2. The van der Waals surface area contributed by atoms with Crippen LogP contribution in [0.2, 0.25) is 0 Å². The molecule has 3 rings (SSSR count). The fourth-order valence-corrected chi connectivity index (χ4v) is 2.04. The molecule has 0 fully saturated rings. The SMILES string of the molecule is Cn1cnc(-c2ccc(OCC(O)Cn3cccn3)cc2)n1. The van der Waals surface area contributed by atoms with E-state index in [4.69, 9.17) is 4.74 Å². The van der Waals surface area contributed by atoms with Crippen LogP contribution >= 0.6 is 0 Å². The predicted molar refractivity (Wildman–Crippen MR) is 80.2 cm³/mol.